The molecule has 0 saturated heterocycles. The largest absolute Gasteiger partial charge is 0.377 e. The number of hydrogen-bond donors (Lipinski definition) is 0. The van der Waals surface area contributed by atoms with Crippen molar-refractivity contribution in [1.82, 2.24) is 4.98 Å². The summed E-state index contributed by atoms with van der Waals surface area (Å²) in [6.07, 6.45) is 3.53. The Bertz CT molecular complexity index is 218. The number of aromatic nitrogens is 1. The lowest BCUT2D eigenvalue weighted by atomic mass is 10.2. The summed E-state index contributed by atoms with van der Waals surface area (Å²) < 4.78 is 0. The Kier molecular flexibility index (Phi) is 1.90. The summed E-state index contributed by atoms with van der Waals surface area (Å²) in [5.41, 5.74) is 2.09. The van der Waals surface area contributed by atoms with Crippen molar-refractivity contribution < 1.29 is 0 Å². The van der Waals surface area contributed by atoms with Gasteiger partial charge >= 0.3 is 0 Å². The van der Waals surface area contributed by atoms with Crippen molar-refractivity contribution in [1.29, 1.82) is 0 Å². The highest BCUT2D eigenvalue weighted by molar-refractivity contribution is 5.52. The average Bonchev–Trinajstić information content (AvgIpc) is 1.88. The molecule has 0 bridgehead atoms. The maximum absolute atomic E-state index is 3.94. The molecular formula is C8H11N2. The van der Waals surface area contributed by atoms with E-state index in [2.05, 4.69) is 11.9 Å². The number of rotatable bonds is 1. The third-order valence-electron chi connectivity index (χ3n) is 1.36. The summed E-state index contributed by atoms with van der Waals surface area (Å²) in [6, 6.07) is 1.95. The molecule has 0 saturated carbocycles. The van der Waals surface area contributed by atoms with Crippen LogP contribution in [0, 0.1) is 6.92 Å². The molecule has 2 heteroatoms. The number of nitrogens with zero attached hydrogens (tertiary/aromatic N) is 2. The van der Waals surface area contributed by atoms with Crippen LogP contribution in [0.15, 0.2) is 18.5 Å². The second kappa shape index (κ2) is 2.69. The molecule has 0 aliphatic carbocycles. The first-order chi connectivity index (χ1) is 4.72. The van der Waals surface area contributed by atoms with Crippen LogP contribution < -0.4 is 4.90 Å². The summed E-state index contributed by atoms with van der Waals surface area (Å²) in [4.78, 5) is 5.96. The second-order valence-electron chi connectivity index (χ2n) is 2.40. The number of anilines is 1. The molecule has 0 atom stereocenters. The molecule has 0 aliphatic heterocycles. The van der Waals surface area contributed by atoms with Gasteiger partial charge in [-0.2, -0.15) is 0 Å². The lowest BCUT2D eigenvalue weighted by molar-refractivity contribution is 1.11. The van der Waals surface area contributed by atoms with Crippen LogP contribution in [0.4, 0.5) is 5.69 Å². The fourth-order valence-corrected chi connectivity index (χ4v) is 0.856. The van der Waals surface area contributed by atoms with Crippen molar-refractivity contribution in [2.24, 2.45) is 0 Å². The van der Waals surface area contributed by atoms with E-state index >= 15 is 0 Å². The van der Waals surface area contributed by atoms with E-state index in [0.717, 1.165) is 11.3 Å². The summed E-state index contributed by atoms with van der Waals surface area (Å²) in [5, 5.41) is 0. The summed E-state index contributed by atoms with van der Waals surface area (Å²) in [6.45, 7) is 3.84. The average molecular weight is 135 g/mol. The molecule has 0 spiro atoms. The first-order valence-corrected chi connectivity index (χ1v) is 3.15. The smallest absolute Gasteiger partial charge is 0.0424 e. The maximum Gasteiger partial charge on any atom is 0.0424 e. The van der Waals surface area contributed by atoms with Gasteiger partial charge in [-0.15, -0.1) is 0 Å². The summed E-state index contributed by atoms with van der Waals surface area (Å²) in [5.74, 6) is 0. The van der Waals surface area contributed by atoms with Crippen LogP contribution in [0.25, 0.3) is 0 Å². The normalized spacial score (nSPS) is 9.50. The van der Waals surface area contributed by atoms with Gasteiger partial charge in [0.05, 0.1) is 0 Å². The zero-order valence-corrected chi connectivity index (χ0v) is 6.33. The van der Waals surface area contributed by atoms with E-state index in [1.54, 1.807) is 12.4 Å². The summed E-state index contributed by atoms with van der Waals surface area (Å²) >= 11 is 0. The van der Waals surface area contributed by atoms with Gasteiger partial charge in [-0.1, -0.05) is 0 Å². The highest BCUT2D eigenvalue weighted by Gasteiger charge is 1.96. The SMILES string of the molecule is [CH2]c1cnccc1N(C)C. The van der Waals surface area contributed by atoms with Gasteiger partial charge in [0.25, 0.3) is 0 Å². The van der Waals surface area contributed by atoms with Gasteiger partial charge in [-0.3, -0.25) is 4.98 Å². The van der Waals surface area contributed by atoms with Crippen molar-refractivity contribution in [3.05, 3.63) is 30.9 Å². The van der Waals surface area contributed by atoms with Crippen molar-refractivity contribution >= 4 is 5.69 Å². The van der Waals surface area contributed by atoms with E-state index in [-0.39, 0.29) is 0 Å². The van der Waals surface area contributed by atoms with Crippen molar-refractivity contribution in [2.75, 3.05) is 19.0 Å². The van der Waals surface area contributed by atoms with E-state index in [4.69, 9.17) is 0 Å². The Balaban J connectivity index is 3.03. The quantitative estimate of drug-likeness (QED) is 0.577. The van der Waals surface area contributed by atoms with Crippen LogP contribution in [0.3, 0.4) is 0 Å². The monoisotopic (exact) mass is 135 g/mol. The molecule has 10 heavy (non-hydrogen) atoms. The molecule has 1 rings (SSSR count). The third kappa shape index (κ3) is 1.26. The molecule has 0 aliphatic rings. The Labute approximate surface area is 61.5 Å². The van der Waals surface area contributed by atoms with Gasteiger partial charge in [0, 0.05) is 32.2 Å². The lowest BCUT2D eigenvalue weighted by Crippen LogP contribution is -2.09. The molecule has 0 aromatic carbocycles. The van der Waals surface area contributed by atoms with E-state index < -0.39 is 0 Å². The summed E-state index contributed by atoms with van der Waals surface area (Å²) in [7, 11) is 3.98. The molecule has 1 radical (unpaired) electrons. The Hall–Kier alpha value is -1.05. The zero-order chi connectivity index (χ0) is 7.56. The predicted octanol–water partition coefficient (Wildman–Crippen LogP) is 1.33. The maximum atomic E-state index is 3.94. The van der Waals surface area contributed by atoms with Crippen LogP contribution in [0.5, 0.6) is 0 Å². The topological polar surface area (TPSA) is 16.1 Å². The van der Waals surface area contributed by atoms with Gasteiger partial charge in [0.15, 0.2) is 0 Å². The fourth-order valence-electron chi connectivity index (χ4n) is 0.856. The molecular weight excluding hydrogens is 124 g/mol. The molecule has 0 unspecified atom stereocenters. The van der Waals surface area contributed by atoms with Gasteiger partial charge < -0.3 is 4.90 Å². The van der Waals surface area contributed by atoms with Crippen LogP contribution in [0.2, 0.25) is 0 Å². The van der Waals surface area contributed by atoms with E-state index in [9.17, 15) is 0 Å². The highest BCUT2D eigenvalue weighted by atomic mass is 15.1. The molecule has 1 aromatic rings. The minimum atomic E-state index is 0.965. The molecule has 0 amide bonds. The Morgan fingerprint density at radius 1 is 1.50 bits per heavy atom. The minimum absolute atomic E-state index is 0.965. The van der Waals surface area contributed by atoms with E-state index in [1.807, 2.05) is 25.1 Å². The van der Waals surface area contributed by atoms with Crippen molar-refractivity contribution in [3.8, 4) is 0 Å². The first-order valence-electron chi connectivity index (χ1n) is 3.15. The van der Waals surface area contributed by atoms with Crippen molar-refractivity contribution in [3.63, 3.8) is 0 Å². The number of hydrogen-bond acceptors (Lipinski definition) is 2. The van der Waals surface area contributed by atoms with E-state index in [1.165, 1.54) is 0 Å². The van der Waals surface area contributed by atoms with Crippen molar-refractivity contribution in [2.45, 2.75) is 0 Å². The molecule has 1 aromatic heterocycles. The lowest BCUT2D eigenvalue weighted by Gasteiger charge is -2.13. The predicted molar refractivity (Wildman–Crippen MR) is 43.0 cm³/mol. The zero-order valence-electron chi connectivity index (χ0n) is 6.33. The Morgan fingerprint density at radius 2 is 2.20 bits per heavy atom. The van der Waals surface area contributed by atoms with Gasteiger partial charge in [0.2, 0.25) is 0 Å². The molecule has 1 heterocycles. The van der Waals surface area contributed by atoms with Crippen LogP contribution in [-0.2, 0) is 0 Å². The second-order valence-corrected chi connectivity index (χ2v) is 2.40. The number of pyridine rings is 1. The van der Waals surface area contributed by atoms with Gasteiger partial charge in [-0.25, -0.2) is 0 Å². The van der Waals surface area contributed by atoms with Gasteiger partial charge in [0.1, 0.15) is 0 Å². The van der Waals surface area contributed by atoms with Crippen LogP contribution in [0.1, 0.15) is 5.56 Å². The third-order valence-corrected chi connectivity index (χ3v) is 1.36. The standard InChI is InChI=1S/C8H11N2/c1-7-6-9-5-4-8(7)10(2)3/h4-6H,1H2,2-3H3. The van der Waals surface area contributed by atoms with E-state index in [0.29, 0.717) is 0 Å². The highest BCUT2D eigenvalue weighted by Crippen LogP contribution is 2.13. The van der Waals surface area contributed by atoms with Gasteiger partial charge in [-0.05, 0) is 18.6 Å². The molecule has 0 N–H and O–H groups in total. The Morgan fingerprint density at radius 3 is 2.60 bits per heavy atom. The molecule has 0 fully saturated rings. The van der Waals surface area contributed by atoms with Crippen LogP contribution in [-0.4, -0.2) is 19.1 Å². The van der Waals surface area contributed by atoms with Crippen LogP contribution >= 0.6 is 0 Å². The fraction of sp³-hybridized carbons (Fsp3) is 0.250. The minimum Gasteiger partial charge on any atom is -0.377 e. The molecule has 2 nitrogen and oxygen atoms in total. The first kappa shape index (κ1) is 7.06. The molecule has 53 valence electrons.